The molecular formula is C47H74O10. The van der Waals surface area contributed by atoms with Crippen molar-refractivity contribution in [2.24, 2.45) is 64.6 Å². The predicted molar refractivity (Wildman–Crippen MR) is 213 cm³/mol. The van der Waals surface area contributed by atoms with E-state index in [0.29, 0.717) is 31.1 Å². The zero-order chi connectivity index (χ0) is 41.3. The Kier molecular flexibility index (Phi) is 11.8. The molecular weight excluding hydrogens is 725 g/mol. The Morgan fingerprint density at radius 1 is 0.719 bits per heavy atom. The van der Waals surface area contributed by atoms with Gasteiger partial charge in [-0.05, 0) is 127 Å². The lowest BCUT2D eigenvalue weighted by Gasteiger charge is -2.62. The highest BCUT2D eigenvalue weighted by molar-refractivity contribution is 5.77. The van der Waals surface area contributed by atoms with Crippen LogP contribution in [0.3, 0.4) is 0 Å². The standard InChI is InChI=1S/C19H32O2.C15H24O4.C13H18O4/c1-5-13(3)17(20)21-18(4,6-2)19-10-14-7-15(11-19)9-16(8-14)12-19;1-3-10(2)12(16)19-15-6-11-4-13(17,8-15)7-14(18,5-11)9-15;1-3-6(2)12(14)16-10-7-4-8-9(5-7)13(15)17-11(8)10/h13-16H,5-12H2,1-4H3;10-11,17-18H,3-9H2,1-2H3;6-11H,3-5H2,1-2H3. The monoisotopic (exact) mass is 799 g/mol. The van der Waals surface area contributed by atoms with Gasteiger partial charge >= 0.3 is 23.9 Å². The molecule has 11 atom stereocenters. The topological polar surface area (TPSA) is 146 Å². The molecule has 2 N–H and O–H groups in total. The van der Waals surface area contributed by atoms with E-state index in [2.05, 4.69) is 20.8 Å². The predicted octanol–water partition coefficient (Wildman–Crippen LogP) is 8.26. The average Bonchev–Trinajstić information content (AvgIpc) is 3.77. The van der Waals surface area contributed by atoms with Gasteiger partial charge in [0.05, 0.1) is 34.9 Å². The number of ether oxygens (including phenoxy) is 4. The molecule has 0 radical (unpaired) electrons. The van der Waals surface area contributed by atoms with E-state index in [4.69, 9.17) is 18.9 Å². The molecule has 0 aromatic carbocycles. The van der Waals surface area contributed by atoms with Crippen LogP contribution in [0, 0.1) is 64.6 Å². The van der Waals surface area contributed by atoms with Crippen LogP contribution in [-0.4, -0.2) is 68.7 Å². The maximum absolute atomic E-state index is 12.4. The minimum absolute atomic E-state index is 0.0256. The van der Waals surface area contributed by atoms with E-state index in [9.17, 15) is 29.4 Å². The molecule has 57 heavy (non-hydrogen) atoms. The molecule has 322 valence electrons. The van der Waals surface area contributed by atoms with Crippen LogP contribution in [0.2, 0.25) is 0 Å². The number of rotatable bonds is 11. The number of hydrogen-bond acceptors (Lipinski definition) is 10. The lowest BCUT2D eigenvalue weighted by Crippen LogP contribution is -2.67. The first-order chi connectivity index (χ1) is 26.8. The second kappa shape index (κ2) is 15.7. The minimum atomic E-state index is -0.829. The summed E-state index contributed by atoms with van der Waals surface area (Å²) >= 11 is 0. The Balaban J connectivity index is 0.000000131. The van der Waals surface area contributed by atoms with Crippen molar-refractivity contribution in [2.75, 3.05) is 0 Å². The van der Waals surface area contributed by atoms with Gasteiger partial charge in [-0.2, -0.15) is 0 Å². The summed E-state index contributed by atoms with van der Waals surface area (Å²) in [5, 5.41) is 21.2. The van der Waals surface area contributed by atoms with Gasteiger partial charge in [-0.15, -0.1) is 0 Å². The summed E-state index contributed by atoms with van der Waals surface area (Å²) < 4.78 is 22.9. The van der Waals surface area contributed by atoms with Gasteiger partial charge in [-0.1, -0.05) is 48.5 Å². The average molecular weight is 799 g/mol. The Bertz CT molecular complexity index is 1490. The van der Waals surface area contributed by atoms with Crippen LogP contribution in [0.15, 0.2) is 0 Å². The molecule has 10 nitrogen and oxygen atoms in total. The fraction of sp³-hybridized carbons (Fsp3) is 0.915. The number of hydrogen-bond donors (Lipinski definition) is 2. The molecule has 0 aromatic rings. The number of carbonyl (C=O) groups is 4. The van der Waals surface area contributed by atoms with Crippen LogP contribution in [-0.2, 0) is 38.1 Å². The number of esters is 4. The number of aliphatic hydroxyl groups is 2. The molecule has 11 fully saturated rings. The van der Waals surface area contributed by atoms with Crippen LogP contribution in [0.5, 0.6) is 0 Å². The number of carbonyl (C=O) groups excluding carboxylic acids is 4. The zero-order valence-electron chi connectivity index (χ0n) is 36.3. The summed E-state index contributed by atoms with van der Waals surface area (Å²) in [4.78, 5) is 47.9. The summed E-state index contributed by atoms with van der Waals surface area (Å²) in [5.41, 5.74) is -2.25. The largest absolute Gasteiger partial charge is 0.459 e. The lowest BCUT2D eigenvalue weighted by atomic mass is 9.45. The van der Waals surface area contributed by atoms with Crippen LogP contribution in [0.1, 0.15) is 171 Å². The summed E-state index contributed by atoms with van der Waals surface area (Å²) in [6.45, 7) is 16.2. The van der Waals surface area contributed by atoms with Crippen molar-refractivity contribution < 1.29 is 48.3 Å². The molecule has 1 aliphatic heterocycles. The SMILES string of the molecule is CCC(C)C(=O)OC(C)(CC)C12CC3CC(CC(C3)C1)C2.CCC(C)C(=O)OC12CC3CC(O)(CC(O)(C3)C1)C2.CCC(C)C(=O)OC1C2CC3C(=O)OC1C3C2. The molecule has 11 aliphatic rings. The zero-order valence-corrected chi connectivity index (χ0v) is 36.3. The van der Waals surface area contributed by atoms with Gasteiger partial charge in [0.2, 0.25) is 0 Å². The number of fused-ring (bicyclic) bond motifs is 1. The Morgan fingerprint density at radius 3 is 1.75 bits per heavy atom. The first-order valence-corrected chi connectivity index (χ1v) is 23.1. The molecule has 11 rings (SSSR count). The molecule has 1 saturated heterocycles. The highest BCUT2D eigenvalue weighted by Gasteiger charge is 2.65. The molecule has 0 amide bonds. The highest BCUT2D eigenvalue weighted by Crippen LogP contribution is 2.65. The van der Waals surface area contributed by atoms with Crippen LogP contribution in [0.25, 0.3) is 0 Å². The third-order valence-electron chi connectivity index (χ3n) is 17.1. The maximum atomic E-state index is 12.4. The summed E-state index contributed by atoms with van der Waals surface area (Å²) in [6, 6.07) is 0. The van der Waals surface area contributed by atoms with Crippen molar-refractivity contribution in [3.8, 4) is 0 Å². The molecule has 10 bridgehead atoms. The molecule has 10 aliphatic carbocycles. The van der Waals surface area contributed by atoms with E-state index >= 15 is 0 Å². The van der Waals surface area contributed by atoms with Crippen molar-refractivity contribution in [1.29, 1.82) is 0 Å². The van der Waals surface area contributed by atoms with E-state index in [-0.39, 0.29) is 76.7 Å². The summed E-state index contributed by atoms with van der Waals surface area (Å²) in [6.07, 6.45) is 16.9. The molecule has 10 saturated carbocycles. The smallest absolute Gasteiger partial charge is 0.309 e. The van der Waals surface area contributed by atoms with Crippen molar-refractivity contribution in [2.45, 2.75) is 206 Å². The van der Waals surface area contributed by atoms with Crippen LogP contribution < -0.4 is 0 Å². The van der Waals surface area contributed by atoms with Gasteiger partial charge in [0.15, 0.2) is 0 Å². The van der Waals surface area contributed by atoms with E-state index in [1.807, 2.05) is 34.6 Å². The van der Waals surface area contributed by atoms with Crippen LogP contribution >= 0.6 is 0 Å². The molecule has 1 heterocycles. The second-order valence-electron chi connectivity index (χ2n) is 21.5. The van der Waals surface area contributed by atoms with E-state index in [0.717, 1.165) is 75.5 Å². The lowest BCUT2D eigenvalue weighted by molar-refractivity contribution is -0.262. The second-order valence-corrected chi connectivity index (χ2v) is 21.5. The maximum Gasteiger partial charge on any atom is 0.309 e. The van der Waals surface area contributed by atoms with E-state index in [1.165, 1.54) is 38.5 Å². The van der Waals surface area contributed by atoms with E-state index < -0.39 is 16.8 Å². The highest BCUT2D eigenvalue weighted by atomic mass is 16.6. The quantitative estimate of drug-likeness (QED) is 0.155. The fourth-order valence-electron chi connectivity index (χ4n) is 14.1. The van der Waals surface area contributed by atoms with Gasteiger partial charge in [0.1, 0.15) is 23.4 Å². The summed E-state index contributed by atoms with van der Waals surface area (Å²) in [7, 11) is 0. The van der Waals surface area contributed by atoms with Crippen molar-refractivity contribution >= 4 is 23.9 Å². The molecule has 0 aromatic heterocycles. The van der Waals surface area contributed by atoms with Gasteiger partial charge < -0.3 is 29.2 Å². The van der Waals surface area contributed by atoms with Gasteiger partial charge in [-0.3, -0.25) is 19.2 Å². The summed E-state index contributed by atoms with van der Waals surface area (Å²) in [5.74, 6) is 3.21. The Morgan fingerprint density at radius 2 is 1.25 bits per heavy atom. The first kappa shape index (κ1) is 42.9. The molecule has 10 heteroatoms. The third kappa shape index (κ3) is 8.06. The Labute approximate surface area is 341 Å². The normalized spacial score (nSPS) is 44.7. The molecule has 0 spiro atoms. The van der Waals surface area contributed by atoms with Gasteiger partial charge in [0, 0.05) is 36.5 Å². The van der Waals surface area contributed by atoms with Crippen LogP contribution in [0.4, 0.5) is 0 Å². The molecule has 11 unspecified atom stereocenters. The van der Waals surface area contributed by atoms with E-state index in [1.54, 1.807) is 0 Å². The van der Waals surface area contributed by atoms with Crippen molar-refractivity contribution in [3.63, 3.8) is 0 Å². The third-order valence-corrected chi connectivity index (χ3v) is 17.1. The van der Waals surface area contributed by atoms with Crippen molar-refractivity contribution in [1.82, 2.24) is 0 Å². The van der Waals surface area contributed by atoms with Gasteiger partial charge in [-0.25, -0.2) is 0 Å². The first-order valence-electron chi connectivity index (χ1n) is 23.1. The Hall–Kier alpha value is -2.20. The van der Waals surface area contributed by atoms with Crippen molar-refractivity contribution in [3.05, 3.63) is 0 Å². The minimum Gasteiger partial charge on any atom is -0.459 e. The fourth-order valence-corrected chi connectivity index (χ4v) is 14.1. The van der Waals surface area contributed by atoms with Gasteiger partial charge in [0.25, 0.3) is 0 Å².